The Labute approximate surface area is 66.6 Å². The maximum atomic E-state index is 2.76. The van der Waals surface area contributed by atoms with E-state index in [4.69, 9.17) is 0 Å². The third kappa shape index (κ3) is 1.22. The molecule has 0 aliphatic carbocycles. The molecule has 10 heavy (non-hydrogen) atoms. The largest absolute Gasteiger partial charge is 0.348 e. The minimum atomic E-state index is -0.884. The molecule has 0 unspecified atom stereocenters. The first kappa shape index (κ1) is 8.49. The molecule has 60 valence electrons. The lowest BCUT2D eigenvalue weighted by atomic mass is 10.9. The zero-order valence-corrected chi connectivity index (χ0v) is 9.86. The lowest BCUT2D eigenvalue weighted by molar-refractivity contribution is 0.777. The third-order valence-corrected chi connectivity index (χ3v) is 13.9. The van der Waals surface area contributed by atoms with E-state index in [1.165, 1.54) is 12.1 Å². The lowest BCUT2D eigenvalue weighted by Gasteiger charge is -2.34. The highest BCUT2D eigenvalue weighted by atomic mass is 28.4. The van der Waals surface area contributed by atoms with E-state index < -0.39 is 16.5 Å². The van der Waals surface area contributed by atoms with Gasteiger partial charge in [0.2, 0.25) is 0 Å². The summed E-state index contributed by atoms with van der Waals surface area (Å²) in [6.07, 6.45) is 0. The topological polar surface area (TPSA) is 3.24 Å². The molecule has 0 amide bonds. The van der Waals surface area contributed by atoms with Crippen LogP contribution in [0.4, 0.5) is 0 Å². The average Bonchev–Trinajstić information content (AvgIpc) is 1.95. The predicted molar refractivity (Wildman–Crippen MR) is 52.3 cm³/mol. The van der Waals surface area contributed by atoms with Crippen LogP contribution in [0.25, 0.3) is 0 Å². The molecular formula is C7H19NSi2. The van der Waals surface area contributed by atoms with E-state index >= 15 is 0 Å². The van der Waals surface area contributed by atoms with Gasteiger partial charge >= 0.3 is 0 Å². The van der Waals surface area contributed by atoms with Crippen LogP contribution in [0.1, 0.15) is 0 Å². The minimum absolute atomic E-state index is 0.884. The van der Waals surface area contributed by atoms with Gasteiger partial charge in [-0.25, -0.2) is 0 Å². The highest BCUT2D eigenvalue weighted by molar-refractivity contribution is 6.95. The maximum Gasteiger partial charge on any atom is 0.115 e. The summed E-state index contributed by atoms with van der Waals surface area (Å²) >= 11 is 0. The van der Waals surface area contributed by atoms with Crippen LogP contribution in [-0.4, -0.2) is 27.7 Å². The van der Waals surface area contributed by atoms with E-state index in [9.17, 15) is 0 Å². The molecule has 1 saturated heterocycles. The van der Waals surface area contributed by atoms with Crippen LogP contribution in [0, 0.1) is 0 Å². The van der Waals surface area contributed by atoms with E-state index in [0.717, 1.165) is 0 Å². The molecule has 0 spiro atoms. The SMILES string of the molecule is CN1[Si](C)(C)CC[Si]1(C)C. The van der Waals surface area contributed by atoms with Crippen LogP contribution >= 0.6 is 0 Å². The normalized spacial score (nSPS) is 30.9. The van der Waals surface area contributed by atoms with Crippen molar-refractivity contribution in [2.24, 2.45) is 0 Å². The Kier molecular flexibility index (Phi) is 1.86. The summed E-state index contributed by atoms with van der Waals surface area (Å²) in [5.74, 6) is 0. The van der Waals surface area contributed by atoms with Crippen LogP contribution in [0.15, 0.2) is 0 Å². The van der Waals surface area contributed by atoms with E-state index in [-0.39, 0.29) is 0 Å². The lowest BCUT2D eigenvalue weighted by Crippen LogP contribution is -2.51. The van der Waals surface area contributed by atoms with Gasteiger partial charge < -0.3 is 4.23 Å². The monoisotopic (exact) mass is 173 g/mol. The summed E-state index contributed by atoms with van der Waals surface area (Å²) in [4.78, 5) is 0. The molecule has 0 atom stereocenters. The maximum absolute atomic E-state index is 2.76. The van der Waals surface area contributed by atoms with Crippen molar-refractivity contribution in [3.05, 3.63) is 0 Å². The molecule has 3 heteroatoms. The van der Waals surface area contributed by atoms with E-state index in [1.807, 2.05) is 0 Å². The number of hydrogen-bond donors (Lipinski definition) is 0. The van der Waals surface area contributed by atoms with E-state index in [2.05, 4.69) is 37.5 Å². The summed E-state index contributed by atoms with van der Waals surface area (Å²) < 4.78 is 2.76. The number of rotatable bonds is 0. The zero-order chi connectivity index (χ0) is 7.99. The average molecular weight is 173 g/mol. The van der Waals surface area contributed by atoms with Gasteiger partial charge in [0, 0.05) is 0 Å². The molecular weight excluding hydrogens is 154 g/mol. The Morgan fingerprint density at radius 3 is 1.30 bits per heavy atom. The van der Waals surface area contributed by atoms with Crippen LogP contribution < -0.4 is 0 Å². The highest BCUT2D eigenvalue weighted by Gasteiger charge is 2.44. The van der Waals surface area contributed by atoms with Crippen LogP contribution in [0.5, 0.6) is 0 Å². The molecule has 0 aromatic carbocycles. The highest BCUT2D eigenvalue weighted by Crippen LogP contribution is 2.34. The Morgan fingerprint density at radius 2 is 1.20 bits per heavy atom. The first-order valence-corrected chi connectivity index (χ1v) is 10.4. The fourth-order valence-electron chi connectivity index (χ4n) is 1.77. The Bertz CT molecular complexity index is 127. The third-order valence-electron chi connectivity index (χ3n) is 3.16. The van der Waals surface area contributed by atoms with E-state index in [1.54, 1.807) is 0 Å². The van der Waals surface area contributed by atoms with Gasteiger partial charge in [-0.05, 0) is 19.1 Å². The smallest absolute Gasteiger partial charge is 0.115 e. The van der Waals surface area contributed by atoms with Gasteiger partial charge in [-0.2, -0.15) is 0 Å². The quantitative estimate of drug-likeness (QED) is 0.508. The van der Waals surface area contributed by atoms with Gasteiger partial charge in [-0.3, -0.25) is 0 Å². The van der Waals surface area contributed by atoms with Gasteiger partial charge in [-0.1, -0.05) is 26.2 Å². The summed E-state index contributed by atoms with van der Waals surface area (Å²) in [5, 5.41) is 0. The van der Waals surface area contributed by atoms with Crippen LogP contribution in [0.3, 0.4) is 0 Å². The van der Waals surface area contributed by atoms with Crippen molar-refractivity contribution < 1.29 is 0 Å². The minimum Gasteiger partial charge on any atom is -0.348 e. The molecule has 0 aromatic rings. The predicted octanol–water partition coefficient (Wildman–Crippen LogP) is 2.34. The van der Waals surface area contributed by atoms with Crippen LogP contribution in [0.2, 0.25) is 38.3 Å². The fourth-order valence-corrected chi connectivity index (χ4v) is 14.6. The van der Waals surface area contributed by atoms with Gasteiger partial charge in [0.15, 0.2) is 0 Å². The molecule has 0 radical (unpaired) electrons. The second-order valence-electron chi connectivity index (χ2n) is 4.68. The van der Waals surface area contributed by atoms with Crippen molar-refractivity contribution in [1.82, 2.24) is 4.23 Å². The Balaban J connectivity index is 2.77. The molecule has 1 fully saturated rings. The van der Waals surface area contributed by atoms with E-state index in [0.29, 0.717) is 0 Å². The van der Waals surface area contributed by atoms with Crippen molar-refractivity contribution in [2.75, 3.05) is 7.05 Å². The Hall–Kier alpha value is 0.394. The second kappa shape index (κ2) is 2.19. The zero-order valence-electron chi connectivity index (χ0n) is 7.86. The molecule has 1 heterocycles. The van der Waals surface area contributed by atoms with Crippen LogP contribution in [-0.2, 0) is 0 Å². The van der Waals surface area contributed by atoms with Gasteiger partial charge in [0.25, 0.3) is 0 Å². The summed E-state index contributed by atoms with van der Waals surface area (Å²) in [6.45, 7) is 9.98. The van der Waals surface area contributed by atoms with Gasteiger partial charge in [0.05, 0.1) is 0 Å². The molecule has 1 aliphatic rings. The first-order chi connectivity index (χ1) is 4.36. The Morgan fingerprint density at radius 1 is 0.900 bits per heavy atom. The molecule has 0 saturated carbocycles. The summed E-state index contributed by atoms with van der Waals surface area (Å²) in [6, 6.07) is 3.06. The van der Waals surface area contributed by atoms with Crippen molar-refractivity contribution >= 4 is 16.5 Å². The van der Waals surface area contributed by atoms with Crippen molar-refractivity contribution in [1.29, 1.82) is 0 Å². The van der Waals surface area contributed by atoms with Gasteiger partial charge in [0.1, 0.15) is 16.5 Å². The second-order valence-corrected chi connectivity index (χ2v) is 14.7. The molecule has 0 N–H and O–H groups in total. The number of nitrogens with zero attached hydrogens (tertiary/aromatic N) is 1. The molecule has 1 nitrogen and oxygen atoms in total. The molecule has 0 aromatic heterocycles. The molecule has 1 rings (SSSR count). The van der Waals surface area contributed by atoms with Gasteiger partial charge in [-0.15, -0.1) is 0 Å². The molecule has 1 aliphatic heterocycles. The fraction of sp³-hybridized carbons (Fsp3) is 1.00. The van der Waals surface area contributed by atoms with Crippen molar-refractivity contribution in [3.63, 3.8) is 0 Å². The summed E-state index contributed by atoms with van der Waals surface area (Å²) in [5.41, 5.74) is 0. The van der Waals surface area contributed by atoms with Crippen molar-refractivity contribution in [3.8, 4) is 0 Å². The molecule has 0 bridgehead atoms. The first-order valence-electron chi connectivity index (χ1n) is 4.10. The number of hydrogen-bond acceptors (Lipinski definition) is 1. The standard InChI is InChI=1S/C7H19NSi2/c1-8-9(2,3)6-7-10(8,4)5/h6-7H2,1-5H3. The van der Waals surface area contributed by atoms with Crippen molar-refractivity contribution in [2.45, 2.75) is 38.3 Å². The summed E-state index contributed by atoms with van der Waals surface area (Å²) in [7, 11) is 0.585.